The van der Waals surface area contributed by atoms with E-state index in [1.165, 1.54) is 27.0 Å². The van der Waals surface area contributed by atoms with Crippen molar-refractivity contribution in [2.45, 2.75) is 13.3 Å². The van der Waals surface area contributed by atoms with Crippen LogP contribution in [0.1, 0.15) is 30.0 Å². The van der Waals surface area contributed by atoms with Crippen LogP contribution in [0.4, 0.5) is 0 Å². The normalized spacial score (nSPS) is 12.2. The van der Waals surface area contributed by atoms with E-state index in [1.807, 2.05) is 29.8 Å². The van der Waals surface area contributed by atoms with Gasteiger partial charge < -0.3 is 0 Å². The van der Waals surface area contributed by atoms with Crippen LogP contribution in [0.3, 0.4) is 0 Å². The first-order valence-electron chi connectivity index (χ1n) is 8.65. The molecule has 0 fully saturated rings. The summed E-state index contributed by atoms with van der Waals surface area (Å²) < 4.78 is 1.21. The van der Waals surface area contributed by atoms with Crippen molar-refractivity contribution in [3.8, 4) is 0 Å². The number of allylic oxidation sites excluding steroid dienone is 1. The number of hydrogen-bond acceptors (Lipinski definition) is 2. The van der Waals surface area contributed by atoms with Gasteiger partial charge in [0.15, 0.2) is 0 Å². The number of thiazole rings is 1. The van der Waals surface area contributed by atoms with Crippen LogP contribution >= 0.6 is 22.9 Å². The van der Waals surface area contributed by atoms with Crippen LogP contribution in [0, 0.1) is 0 Å². The average Bonchev–Trinajstić information content (AvgIpc) is 3.15. The first-order chi connectivity index (χ1) is 12.8. The topological polar surface area (TPSA) is 12.9 Å². The van der Waals surface area contributed by atoms with Crippen molar-refractivity contribution < 1.29 is 0 Å². The highest BCUT2D eigenvalue weighted by Crippen LogP contribution is 2.37. The second-order valence-electron chi connectivity index (χ2n) is 6.09. The number of halogens is 1. The van der Waals surface area contributed by atoms with E-state index in [0.717, 1.165) is 22.5 Å². The number of rotatable bonds is 4. The van der Waals surface area contributed by atoms with Crippen LogP contribution in [0.15, 0.2) is 78.3 Å². The van der Waals surface area contributed by atoms with E-state index in [9.17, 15) is 0 Å². The van der Waals surface area contributed by atoms with Crippen molar-refractivity contribution in [1.82, 2.24) is 4.98 Å². The Labute approximate surface area is 162 Å². The molecule has 3 heteroatoms. The molecule has 1 aromatic heterocycles. The van der Waals surface area contributed by atoms with E-state index >= 15 is 0 Å². The molecule has 0 saturated carbocycles. The maximum Gasteiger partial charge on any atom is 0.0818 e. The maximum absolute atomic E-state index is 6.55. The minimum absolute atomic E-state index is 0.785. The molecule has 0 N–H and O–H groups in total. The monoisotopic (exact) mass is 375 g/mol. The molecule has 0 aliphatic rings. The Morgan fingerprint density at radius 2 is 1.69 bits per heavy atom. The van der Waals surface area contributed by atoms with E-state index in [4.69, 9.17) is 11.6 Å². The fourth-order valence-electron chi connectivity index (χ4n) is 3.34. The predicted octanol–water partition coefficient (Wildman–Crippen LogP) is 7.32. The third-order valence-corrected chi connectivity index (χ3v) is 5.68. The molecule has 4 aromatic rings. The molecule has 128 valence electrons. The molecule has 0 saturated heterocycles. The minimum Gasteiger partial charge on any atom is -0.245 e. The van der Waals surface area contributed by atoms with Gasteiger partial charge in [0.1, 0.15) is 0 Å². The van der Waals surface area contributed by atoms with E-state index < -0.39 is 0 Å². The van der Waals surface area contributed by atoms with Crippen molar-refractivity contribution in [2.24, 2.45) is 0 Å². The summed E-state index contributed by atoms with van der Waals surface area (Å²) in [5.41, 5.74) is 8.86. The van der Waals surface area contributed by atoms with E-state index in [1.54, 1.807) is 11.3 Å². The number of fused-ring (bicyclic) bond motifs is 1. The molecule has 1 nitrogen and oxygen atoms in total. The smallest absolute Gasteiger partial charge is 0.0818 e. The van der Waals surface area contributed by atoms with Crippen molar-refractivity contribution in [2.75, 3.05) is 0 Å². The van der Waals surface area contributed by atoms with Gasteiger partial charge in [-0.25, -0.2) is 4.98 Å². The highest BCUT2D eigenvalue weighted by Gasteiger charge is 2.15. The van der Waals surface area contributed by atoms with Gasteiger partial charge in [-0.3, -0.25) is 0 Å². The molecule has 26 heavy (non-hydrogen) atoms. The fourth-order valence-corrected chi connectivity index (χ4v) is 4.25. The highest BCUT2D eigenvalue weighted by atomic mass is 35.5. The first kappa shape index (κ1) is 17.0. The number of benzene rings is 3. The molecule has 1 heterocycles. The van der Waals surface area contributed by atoms with Crippen molar-refractivity contribution >= 4 is 44.3 Å². The number of nitrogens with zero attached hydrogens (tertiary/aromatic N) is 1. The van der Waals surface area contributed by atoms with Crippen molar-refractivity contribution in [3.05, 3.63) is 100 Å². The summed E-state index contributed by atoms with van der Waals surface area (Å²) in [7, 11) is 0. The Morgan fingerprint density at radius 1 is 0.923 bits per heavy atom. The van der Waals surface area contributed by atoms with Crippen molar-refractivity contribution in [1.29, 1.82) is 0 Å². The SMILES string of the molecule is CC/C(=C(/c1ccccc1)c1ccc2scnc2c1)c1ccccc1Cl. The summed E-state index contributed by atoms with van der Waals surface area (Å²) in [6.45, 7) is 2.18. The Kier molecular flexibility index (Phi) is 4.87. The van der Waals surface area contributed by atoms with Gasteiger partial charge in [-0.2, -0.15) is 0 Å². The summed E-state index contributed by atoms with van der Waals surface area (Å²) in [5.74, 6) is 0. The van der Waals surface area contributed by atoms with Crippen LogP contribution in [-0.4, -0.2) is 4.98 Å². The molecule has 0 aliphatic carbocycles. The van der Waals surface area contributed by atoms with Gasteiger partial charge >= 0.3 is 0 Å². The van der Waals surface area contributed by atoms with Crippen LogP contribution in [-0.2, 0) is 0 Å². The van der Waals surface area contributed by atoms with Gasteiger partial charge in [0.25, 0.3) is 0 Å². The summed E-state index contributed by atoms with van der Waals surface area (Å²) in [6.07, 6.45) is 0.892. The summed E-state index contributed by atoms with van der Waals surface area (Å²) >= 11 is 8.22. The Bertz CT molecular complexity index is 1080. The predicted molar refractivity (Wildman–Crippen MR) is 114 cm³/mol. The molecule has 0 atom stereocenters. The second kappa shape index (κ2) is 7.45. The molecule has 4 rings (SSSR count). The lowest BCUT2D eigenvalue weighted by atomic mass is 9.88. The van der Waals surface area contributed by atoms with Crippen molar-refractivity contribution in [3.63, 3.8) is 0 Å². The van der Waals surface area contributed by atoms with Gasteiger partial charge in [0.2, 0.25) is 0 Å². The second-order valence-corrected chi connectivity index (χ2v) is 7.38. The summed E-state index contributed by atoms with van der Waals surface area (Å²) in [5, 5.41) is 0.785. The molecule has 0 unspecified atom stereocenters. The zero-order chi connectivity index (χ0) is 17.9. The Morgan fingerprint density at radius 3 is 2.46 bits per heavy atom. The quantitative estimate of drug-likeness (QED) is 0.340. The van der Waals surface area contributed by atoms with Gasteiger partial charge in [-0.1, -0.05) is 73.1 Å². The third kappa shape index (κ3) is 3.18. The standard InChI is InChI=1S/C23H18ClNS/c1-2-18(19-10-6-7-11-20(19)24)23(16-8-4-3-5-9-16)17-12-13-22-21(14-17)25-15-26-22/h3-15H,2H2,1H3/b23-18+. The van der Waals surface area contributed by atoms with Gasteiger partial charge in [0, 0.05) is 5.02 Å². The molecular formula is C23H18ClNS. The first-order valence-corrected chi connectivity index (χ1v) is 9.90. The van der Waals surface area contributed by atoms with E-state index in [-0.39, 0.29) is 0 Å². The maximum atomic E-state index is 6.55. The van der Waals surface area contributed by atoms with Crippen LogP contribution in [0.5, 0.6) is 0 Å². The van der Waals surface area contributed by atoms with E-state index in [2.05, 4.69) is 60.4 Å². The fraction of sp³-hybridized carbons (Fsp3) is 0.0870. The number of hydrogen-bond donors (Lipinski definition) is 0. The molecule has 0 spiro atoms. The summed E-state index contributed by atoms with van der Waals surface area (Å²) in [6, 6.07) is 25.1. The largest absolute Gasteiger partial charge is 0.245 e. The molecule has 0 aliphatic heterocycles. The molecule has 0 radical (unpaired) electrons. The lowest BCUT2D eigenvalue weighted by molar-refractivity contribution is 1.24. The molecular weight excluding hydrogens is 358 g/mol. The number of aromatic nitrogens is 1. The average molecular weight is 376 g/mol. The zero-order valence-electron chi connectivity index (χ0n) is 14.4. The molecule has 0 amide bonds. The Balaban J connectivity index is 2.03. The van der Waals surface area contributed by atoms with Crippen LogP contribution < -0.4 is 0 Å². The third-order valence-electron chi connectivity index (χ3n) is 4.54. The van der Waals surface area contributed by atoms with Gasteiger partial charge in [-0.05, 0) is 52.5 Å². The molecule has 0 bridgehead atoms. The molecule has 3 aromatic carbocycles. The Hall–Kier alpha value is -2.42. The lowest BCUT2D eigenvalue weighted by Crippen LogP contribution is -1.95. The zero-order valence-corrected chi connectivity index (χ0v) is 16.0. The highest BCUT2D eigenvalue weighted by molar-refractivity contribution is 7.16. The van der Waals surface area contributed by atoms with Gasteiger partial charge in [-0.15, -0.1) is 11.3 Å². The lowest BCUT2D eigenvalue weighted by Gasteiger charge is -2.17. The minimum atomic E-state index is 0.785. The van der Waals surface area contributed by atoms with Gasteiger partial charge in [0.05, 0.1) is 15.7 Å². The van der Waals surface area contributed by atoms with E-state index in [0.29, 0.717) is 0 Å². The van der Waals surface area contributed by atoms with Crippen LogP contribution in [0.25, 0.3) is 21.4 Å². The van der Waals surface area contributed by atoms with Crippen LogP contribution in [0.2, 0.25) is 5.02 Å². The summed E-state index contributed by atoms with van der Waals surface area (Å²) in [4.78, 5) is 4.50.